The van der Waals surface area contributed by atoms with E-state index < -0.39 is 16.6 Å². The van der Waals surface area contributed by atoms with Crippen molar-refractivity contribution in [1.82, 2.24) is 0 Å². The number of rotatable bonds is 7. The maximum absolute atomic E-state index is 7.41. The van der Waals surface area contributed by atoms with Gasteiger partial charge < -0.3 is 13.6 Å². The Morgan fingerprint density at radius 2 is 1.47 bits per heavy atom. The fourth-order valence-electron chi connectivity index (χ4n) is 6.90. The predicted molar refractivity (Wildman–Crippen MR) is 141 cm³/mol. The van der Waals surface area contributed by atoms with E-state index in [4.69, 9.17) is 13.6 Å². The van der Waals surface area contributed by atoms with E-state index in [1.807, 2.05) is 0 Å². The zero-order chi connectivity index (χ0) is 24.3. The summed E-state index contributed by atoms with van der Waals surface area (Å²) in [6.07, 6.45) is 9.63. The summed E-state index contributed by atoms with van der Waals surface area (Å²) in [6, 6.07) is 0. The first-order valence-electron chi connectivity index (χ1n) is 13.3. The Labute approximate surface area is 201 Å². The Morgan fingerprint density at radius 1 is 0.906 bits per heavy atom. The fraction of sp³-hybridized carbons (Fsp3) is 0.926. The molecular weight excluding hydrogens is 428 g/mol. The Balaban J connectivity index is 1.98. The number of hydrogen-bond acceptors (Lipinski definition) is 3. The van der Waals surface area contributed by atoms with Gasteiger partial charge in [0.1, 0.15) is 11.2 Å². The van der Waals surface area contributed by atoms with Crippen molar-refractivity contribution in [2.45, 2.75) is 153 Å². The third-order valence-electron chi connectivity index (χ3n) is 9.66. The van der Waals surface area contributed by atoms with Gasteiger partial charge in [0, 0.05) is 12.3 Å². The van der Waals surface area contributed by atoms with Crippen molar-refractivity contribution < 1.29 is 13.6 Å². The average Bonchev–Trinajstić information content (AvgIpc) is 2.85. The first-order valence-corrected chi connectivity index (χ1v) is 18.3. The second-order valence-corrected chi connectivity index (χ2v) is 23.8. The molecule has 2 aliphatic heterocycles. The van der Waals surface area contributed by atoms with Crippen LogP contribution in [-0.2, 0) is 13.6 Å². The molecule has 3 aliphatic rings. The lowest BCUT2D eigenvalue weighted by Gasteiger charge is -2.52. The maximum Gasteiger partial charge on any atom is 0.200 e. The van der Waals surface area contributed by atoms with Crippen LogP contribution in [0.1, 0.15) is 94.9 Å². The number of hydrogen-bond donors (Lipinski definition) is 0. The minimum atomic E-state index is -2.00. The quantitative estimate of drug-likeness (QED) is 0.271. The van der Waals surface area contributed by atoms with Gasteiger partial charge in [-0.05, 0) is 54.5 Å². The van der Waals surface area contributed by atoms with E-state index in [2.05, 4.69) is 94.5 Å². The molecule has 2 bridgehead atoms. The number of fused-ring (bicyclic) bond motifs is 1. The molecule has 2 heterocycles. The van der Waals surface area contributed by atoms with E-state index in [1.54, 1.807) is 0 Å². The molecule has 3 nitrogen and oxygen atoms in total. The predicted octanol–water partition coefficient (Wildman–Crippen LogP) is 8.23. The zero-order valence-corrected chi connectivity index (χ0v) is 25.2. The Morgan fingerprint density at radius 3 is 1.97 bits per heavy atom. The first-order chi connectivity index (χ1) is 14.5. The Hall–Kier alpha value is 0.0538. The highest BCUT2D eigenvalue weighted by molar-refractivity contribution is 6.77. The molecule has 0 aromatic carbocycles. The molecule has 5 atom stereocenters. The van der Waals surface area contributed by atoms with Crippen molar-refractivity contribution >= 4 is 16.6 Å². The summed E-state index contributed by atoms with van der Waals surface area (Å²) in [5, 5.41) is 0.202. The smallest absolute Gasteiger partial charge is 0.200 e. The van der Waals surface area contributed by atoms with Gasteiger partial charge in [-0.3, -0.25) is 0 Å². The van der Waals surface area contributed by atoms with Crippen molar-refractivity contribution in [2.24, 2.45) is 5.92 Å². The molecule has 2 fully saturated rings. The largest absolute Gasteiger partial charge is 0.411 e. The van der Waals surface area contributed by atoms with Gasteiger partial charge in [-0.1, -0.05) is 80.9 Å². The van der Waals surface area contributed by atoms with Gasteiger partial charge in [0.05, 0.1) is 12.2 Å². The van der Waals surface area contributed by atoms with Gasteiger partial charge >= 0.3 is 0 Å². The highest BCUT2D eigenvalue weighted by Gasteiger charge is 2.65. The maximum atomic E-state index is 7.41. The summed E-state index contributed by atoms with van der Waals surface area (Å²) < 4.78 is 21.7. The molecular formula is C27H52O3Si2. The average molecular weight is 481 g/mol. The van der Waals surface area contributed by atoms with Crippen molar-refractivity contribution in [2.75, 3.05) is 0 Å². The summed E-state index contributed by atoms with van der Waals surface area (Å²) in [5.74, 6) is 0.445. The van der Waals surface area contributed by atoms with Crippen molar-refractivity contribution in [1.29, 1.82) is 0 Å². The topological polar surface area (TPSA) is 27.7 Å². The molecule has 0 radical (unpaired) electrons. The van der Waals surface area contributed by atoms with Crippen LogP contribution in [-0.4, -0.2) is 40.0 Å². The molecule has 0 amide bonds. The molecule has 3 rings (SSSR count). The minimum Gasteiger partial charge on any atom is -0.411 e. The molecule has 1 saturated carbocycles. The molecule has 186 valence electrons. The summed E-state index contributed by atoms with van der Waals surface area (Å²) in [4.78, 5) is 0. The third-order valence-corrected chi connectivity index (χ3v) is 20.3. The molecule has 5 heteroatoms. The SMILES string of the molecule is CC(C)[Si](O[C@@H]1C[C@]23O[C@@]1(C)C=C[C@H]2CCC[C@@H]3O[Si](C)(C)C(C)(C)C)(C(C)C)C(C)C. The van der Waals surface area contributed by atoms with Crippen LogP contribution in [0.5, 0.6) is 0 Å². The molecule has 1 aliphatic carbocycles. The van der Waals surface area contributed by atoms with E-state index in [0.29, 0.717) is 22.5 Å². The molecule has 32 heavy (non-hydrogen) atoms. The molecule has 1 saturated heterocycles. The zero-order valence-electron chi connectivity index (χ0n) is 23.2. The van der Waals surface area contributed by atoms with Crippen LogP contribution in [0.4, 0.5) is 0 Å². The molecule has 0 aromatic rings. The normalized spacial score (nSPS) is 35.8. The first kappa shape index (κ1) is 26.7. The molecule has 0 N–H and O–H groups in total. The summed E-state index contributed by atoms with van der Waals surface area (Å²) >= 11 is 0. The molecule has 1 spiro atoms. The lowest BCUT2D eigenvalue weighted by atomic mass is 9.72. The lowest BCUT2D eigenvalue weighted by Crippen LogP contribution is -2.58. The summed E-state index contributed by atoms with van der Waals surface area (Å²) in [7, 11) is -3.90. The van der Waals surface area contributed by atoms with Crippen LogP contribution in [0.3, 0.4) is 0 Å². The second-order valence-electron chi connectivity index (χ2n) is 13.6. The van der Waals surface area contributed by atoms with Crippen molar-refractivity contribution in [3.8, 4) is 0 Å². The third kappa shape index (κ3) is 4.16. The van der Waals surface area contributed by atoms with Crippen LogP contribution in [0.2, 0.25) is 34.8 Å². The van der Waals surface area contributed by atoms with E-state index in [0.717, 1.165) is 12.8 Å². The van der Waals surface area contributed by atoms with Gasteiger partial charge in [0.2, 0.25) is 8.32 Å². The van der Waals surface area contributed by atoms with Crippen LogP contribution in [0.15, 0.2) is 12.2 Å². The van der Waals surface area contributed by atoms with Gasteiger partial charge in [-0.2, -0.15) is 0 Å². The highest BCUT2D eigenvalue weighted by atomic mass is 28.4. The van der Waals surface area contributed by atoms with Crippen molar-refractivity contribution in [3.63, 3.8) is 0 Å². The van der Waals surface area contributed by atoms with E-state index in [1.165, 1.54) is 12.8 Å². The molecule has 0 aromatic heterocycles. The Kier molecular flexibility index (Phi) is 7.18. The van der Waals surface area contributed by atoms with Gasteiger partial charge in [-0.25, -0.2) is 0 Å². The molecule has 0 unspecified atom stereocenters. The lowest BCUT2D eigenvalue weighted by molar-refractivity contribution is -0.177. The summed E-state index contributed by atoms with van der Waals surface area (Å²) in [5.41, 5.74) is 1.16. The van der Waals surface area contributed by atoms with E-state index >= 15 is 0 Å². The van der Waals surface area contributed by atoms with Gasteiger partial charge in [0.15, 0.2) is 8.32 Å². The monoisotopic (exact) mass is 480 g/mol. The number of ether oxygens (including phenoxy) is 1. The van der Waals surface area contributed by atoms with Crippen LogP contribution < -0.4 is 0 Å². The highest BCUT2D eigenvalue weighted by Crippen LogP contribution is 2.58. The van der Waals surface area contributed by atoms with Gasteiger partial charge in [0.25, 0.3) is 0 Å². The fourth-order valence-corrected chi connectivity index (χ4v) is 13.9. The summed E-state index contributed by atoms with van der Waals surface area (Å²) in [6.45, 7) is 28.4. The van der Waals surface area contributed by atoms with E-state index in [-0.39, 0.29) is 28.4 Å². The second kappa shape index (κ2) is 8.62. The standard InChI is InChI=1S/C27H52O3Si2/c1-19(2)32(20(3)4,21(5)6)29-24-18-27-22(16-17-26(24,10)30-27)14-13-15-23(27)28-31(11,12)25(7,8)9/h16-17,19-24H,13-15,18H2,1-12H3/t22-,23+,24-,26+,27+/m1/s1. The van der Waals surface area contributed by atoms with Gasteiger partial charge in [-0.15, -0.1) is 0 Å². The van der Waals surface area contributed by atoms with Crippen LogP contribution in [0.25, 0.3) is 0 Å². The van der Waals surface area contributed by atoms with Crippen LogP contribution in [0, 0.1) is 5.92 Å². The Bertz CT molecular complexity index is 686. The van der Waals surface area contributed by atoms with Crippen molar-refractivity contribution in [3.05, 3.63) is 12.2 Å². The minimum absolute atomic E-state index is 0.117. The van der Waals surface area contributed by atoms with Crippen LogP contribution >= 0.6 is 0 Å². The van der Waals surface area contributed by atoms with E-state index in [9.17, 15) is 0 Å².